The van der Waals surface area contributed by atoms with Crippen LogP contribution in [0.3, 0.4) is 0 Å². The summed E-state index contributed by atoms with van der Waals surface area (Å²) < 4.78 is 114. The van der Waals surface area contributed by atoms with E-state index in [1.165, 1.54) is 26.5 Å². The Balaban J connectivity index is 1.30. The molecule has 0 N–H and O–H groups in total. The van der Waals surface area contributed by atoms with E-state index in [2.05, 4.69) is 15.1 Å². The molecule has 11 nitrogen and oxygen atoms in total. The van der Waals surface area contributed by atoms with E-state index in [0.29, 0.717) is 35.6 Å². The van der Waals surface area contributed by atoms with Crippen LogP contribution in [0.2, 0.25) is 0 Å². The summed E-state index contributed by atoms with van der Waals surface area (Å²) in [5.74, 6) is -6.41. The van der Waals surface area contributed by atoms with E-state index in [4.69, 9.17) is 18.9 Å². The van der Waals surface area contributed by atoms with Gasteiger partial charge in [0.1, 0.15) is 46.7 Å². The van der Waals surface area contributed by atoms with Gasteiger partial charge in [0.25, 0.3) is 15.9 Å². The number of methoxy groups -OCH3 is 2. The maximum Gasteiger partial charge on any atom is 0.268 e. The van der Waals surface area contributed by atoms with Crippen LogP contribution < -0.4 is 18.5 Å². The number of sulfonamides is 1. The van der Waals surface area contributed by atoms with Gasteiger partial charge in [-0.05, 0) is 43.4 Å². The van der Waals surface area contributed by atoms with Gasteiger partial charge in [-0.2, -0.15) is 5.10 Å². The zero-order chi connectivity index (χ0) is 34.8. The van der Waals surface area contributed by atoms with Gasteiger partial charge in [0.15, 0.2) is 11.6 Å². The molecule has 1 aliphatic heterocycles. The third kappa shape index (κ3) is 7.44. The van der Waals surface area contributed by atoms with Crippen molar-refractivity contribution in [2.45, 2.75) is 74.1 Å². The second-order valence-electron chi connectivity index (χ2n) is 11.9. The highest BCUT2D eigenvalue weighted by Gasteiger charge is 2.44. The van der Waals surface area contributed by atoms with Crippen molar-refractivity contribution in [1.29, 1.82) is 0 Å². The fourth-order valence-electron chi connectivity index (χ4n) is 6.17. The van der Waals surface area contributed by atoms with Crippen LogP contribution >= 0.6 is 0 Å². The molecular weight excluding hydrogens is 670 g/mol. The zero-order valence-electron chi connectivity index (χ0n) is 26.8. The molecule has 2 fully saturated rings. The number of ether oxygens (including phenoxy) is 4. The van der Waals surface area contributed by atoms with Crippen molar-refractivity contribution in [3.63, 3.8) is 0 Å². The summed E-state index contributed by atoms with van der Waals surface area (Å²) >= 11 is 0. The van der Waals surface area contributed by atoms with Crippen molar-refractivity contribution in [2.24, 2.45) is 0 Å². The maximum absolute atomic E-state index is 15.8. The molecule has 49 heavy (non-hydrogen) atoms. The van der Waals surface area contributed by atoms with Gasteiger partial charge in [0, 0.05) is 67.6 Å². The van der Waals surface area contributed by atoms with E-state index in [9.17, 15) is 17.2 Å². The van der Waals surface area contributed by atoms with Crippen LogP contribution in [0.5, 0.6) is 17.2 Å². The Kier molecular flexibility index (Phi) is 9.97. The number of hydrogen-bond acceptors (Lipinski definition) is 9. The molecule has 0 radical (unpaired) electrons. The zero-order valence-corrected chi connectivity index (χ0v) is 27.6. The smallest absolute Gasteiger partial charge is 0.268 e. The van der Waals surface area contributed by atoms with Crippen molar-refractivity contribution in [3.8, 4) is 17.2 Å². The summed E-state index contributed by atoms with van der Waals surface area (Å²) in [6, 6.07) is 7.04. The second kappa shape index (κ2) is 14.2. The van der Waals surface area contributed by atoms with Crippen LogP contribution in [-0.2, 0) is 21.3 Å². The summed E-state index contributed by atoms with van der Waals surface area (Å²) in [6.07, 6.45) is 5.63. The lowest BCUT2D eigenvalue weighted by Crippen LogP contribution is -2.38. The standard InChI is InChI=1S/C33H35F4N5O6S/c1-45-23-7-6-21(27(13-23)46-2)19-42(31-9-11-38-20-39-31)49(43,44)30-15-25(34)28(14-26(30)35)48-29-16-33(36,37)10-8-24(29)22-17-40-41(18-22)32-5-3-4-12-47-32/h6-7,9,11,13-15,17-18,20,24,29,32H,3-5,8,10,12,16,19H2,1-2H3. The molecule has 0 bridgehead atoms. The number of rotatable bonds is 11. The molecule has 2 aliphatic rings. The lowest BCUT2D eigenvalue weighted by Gasteiger charge is -2.36. The van der Waals surface area contributed by atoms with Gasteiger partial charge in [-0.25, -0.2) is 44.9 Å². The van der Waals surface area contributed by atoms with Crippen molar-refractivity contribution in [1.82, 2.24) is 19.7 Å². The molecule has 3 heterocycles. The molecular formula is C33H35F4N5O6S. The van der Waals surface area contributed by atoms with Gasteiger partial charge in [0.05, 0.1) is 27.0 Å². The molecule has 4 aromatic rings. The van der Waals surface area contributed by atoms with Crippen LogP contribution in [-0.4, -0.2) is 61.0 Å². The Labute approximate surface area is 280 Å². The highest BCUT2D eigenvalue weighted by atomic mass is 32.2. The summed E-state index contributed by atoms with van der Waals surface area (Å²) in [5, 5.41) is 4.37. The molecule has 1 saturated heterocycles. The molecule has 6 rings (SSSR count). The van der Waals surface area contributed by atoms with Gasteiger partial charge < -0.3 is 18.9 Å². The van der Waals surface area contributed by atoms with Crippen LogP contribution in [0.1, 0.15) is 61.8 Å². The van der Waals surface area contributed by atoms with E-state index < -0.39 is 63.1 Å². The Morgan fingerprint density at radius 3 is 2.59 bits per heavy atom. The van der Waals surface area contributed by atoms with Crippen LogP contribution in [0, 0.1) is 11.6 Å². The summed E-state index contributed by atoms with van der Waals surface area (Å²) in [5.41, 5.74) is 0.971. The normalized spacial score (nSPS) is 20.8. The molecule has 2 aromatic heterocycles. The SMILES string of the molecule is COc1ccc(CN(c2ccncn2)S(=O)(=O)c2cc(F)c(OC3CC(F)(F)CCC3c3cnn(C4CCCCO4)c3)cc2F)c(OC)c1. The first-order valence-corrected chi connectivity index (χ1v) is 17.1. The Hall–Kier alpha value is -4.44. The lowest BCUT2D eigenvalue weighted by molar-refractivity contribution is -0.0780. The predicted octanol–water partition coefficient (Wildman–Crippen LogP) is 6.41. The van der Waals surface area contributed by atoms with E-state index in [1.807, 2.05) is 0 Å². The van der Waals surface area contributed by atoms with E-state index in [0.717, 1.165) is 29.9 Å². The van der Waals surface area contributed by atoms with E-state index in [-0.39, 0.29) is 30.8 Å². The molecule has 0 amide bonds. The van der Waals surface area contributed by atoms with Gasteiger partial charge in [-0.15, -0.1) is 0 Å². The molecule has 262 valence electrons. The largest absolute Gasteiger partial charge is 0.497 e. The van der Waals surface area contributed by atoms with Crippen molar-refractivity contribution < 1.29 is 44.9 Å². The molecule has 16 heteroatoms. The van der Waals surface area contributed by atoms with Gasteiger partial charge >= 0.3 is 0 Å². The molecule has 1 saturated carbocycles. The number of halogens is 4. The fourth-order valence-corrected chi connectivity index (χ4v) is 7.63. The van der Waals surface area contributed by atoms with E-state index >= 15 is 8.78 Å². The molecule has 0 spiro atoms. The summed E-state index contributed by atoms with van der Waals surface area (Å²) in [4.78, 5) is 6.84. The lowest BCUT2D eigenvalue weighted by atomic mass is 9.81. The van der Waals surface area contributed by atoms with Gasteiger partial charge in [-0.1, -0.05) is 0 Å². The minimum absolute atomic E-state index is 0.00810. The first-order valence-electron chi connectivity index (χ1n) is 15.7. The van der Waals surface area contributed by atoms with Crippen molar-refractivity contribution in [3.05, 3.63) is 84.1 Å². The number of nitrogens with zero attached hydrogens (tertiary/aromatic N) is 5. The number of aromatic nitrogens is 4. The molecule has 3 atom stereocenters. The second-order valence-corrected chi connectivity index (χ2v) is 13.7. The van der Waals surface area contributed by atoms with Crippen LogP contribution in [0.25, 0.3) is 0 Å². The third-order valence-electron chi connectivity index (χ3n) is 8.73. The highest BCUT2D eigenvalue weighted by Crippen LogP contribution is 2.44. The number of alkyl halides is 2. The molecule has 3 unspecified atom stereocenters. The quantitative estimate of drug-likeness (QED) is 0.163. The number of anilines is 1. The molecule has 1 aliphatic carbocycles. The van der Waals surface area contributed by atoms with Crippen molar-refractivity contribution in [2.75, 3.05) is 25.1 Å². The van der Waals surface area contributed by atoms with Gasteiger partial charge in [-0.3, -0.25) is 0 Å². The Morgan fingerprint density at radius 2 is 1.88 bits per heavy atom. The predicted molar refractivity (Wildman–Crippen MR) is 168 cm³/mol. The first kappa shape index (κ1) is 34.4. The maximum atomic E-state index is 15.8. The fraction of sp³-hybridized carbons (Fsp3) is 0.424. The topological polar surface area (TPSA) is 118 Å². The Bertz CT molecular complexity index is 1870. The average molecular weight is 706 g/mol. The summed E-state index contributed by atoms with van der Waals surface area (Å²) in [6.45, 7) is 0.203. The van der Waals surface area contributed by atoms with Crippen LogP contribution in [0.4, 0.5) is 23.4 Å². The summed E-state index contributed by atoms with van der Waals surface area (Å²) in [7, 11) is -1.99. The third-order valence-corrected chi connectivity index (χ3v) is 10.5. The average Bonchev–Trinajstić information content (AvgIpc) is 3.59. The highest BCUT2D eigenvalue weighted by molar-refractivity contribution is 7.92. The van der Waals surface area contributed by atoms with Crippen molar-refractivity contribution >= 4 is 15.8 Å². The van der Waals surface area contributed by atoms with Crippen LogP contribution in [0.15, 0.2) is 66.2 Å². The van der Waals surface area contributed by atoms with E-state index in [1.54, 1.807) is 35.3 Å². The molecule has 2 aromatic carbocycles. The minimum Gasteiger partial charge on any atom is -0.497 e. The number of hydrogen-bond donors (Lipinski definition) is 0. The monoisotopic (exact) mass is 705 g/mol. The Morgan fingerprint density at radius 1 is 1.04 bits per heavy atom. The number of benzene rings is 2. The van der Waals surface area contributed by atoms with Gasteiger partial charge in [0.2, 0.25) is 0 Å². The minimum atomic E-state index is -4.83. The first-order chi connectivity index (χ1) is 23.5.